The Hall–Kier alpha value is -1.79. The Kier molecular flexibility index (Phi) is 3.87. The molecule has 0 saturated heterocycles. The van der Waals surface area contributed by atoms with E-state index in [1.165, 1.54) is 12.1 Å². The molecule has 0 fully saturated rings. The summed E-state index contributed by atoms with van der Waals surface area (Å²) >= 11 is 5.93. The number of nitrogen functional groups attached to an aromatic ring is 1. The number of rotatable bonds is 3. The minimum absolute atomic E-state index is 0.0557. The molecule has 20 heavy (non-hydrogen) atoms. The van der Waals surface area contributed by atoms with Gasteiger partial charge in [0.25, 0.3) is 10.0 Å². The summed E-state index contributed by atoms with van der Waals surface area (Å²) in [7, 11) is -3.74. The van der Waals surface area contributed by atoms with Crippen molar-refractivity contribution in [2.24, 2.45) is 0 Å². The first-order chi connectivity index (χ1) is 9.29. The van der Waals surface area contributed by atoms with E-state index in [1.54, 1.807) is 32.0 Å². The van der Waals surface area contributed by atoms with Crippen LogP contribution in [-0.4, -0.2) is 13.4 Å². The van der Waals surface area contributed by atoms with Gasteiger partial charge in [0.05, 0.1) is 15.6 Å². The molecule has 0 radical (unpaired) electrons. The molecule has 0 unspecified atom stereocenters. The summed E-state index contributed by atoms with van der Waals surface area (Å²) in [5.41, 5.74) is 7.24. The lowest BCUT2D eigenvalue weighted by atomic mass is 10.2. The molecule has 5 nitrogen and oxygen atoms in total. The summed E-state index contributed by atoms with van der Waals surface area (Å²) in [6.45, 7) is 3.48. The maximum absolute atomic E-state index is 12.3. The van der Waals surface area contributed by atoms with Crippen molar-refractivity contribution >= 4 is 33.1 Å². The second kappa shape index (κ2) is 5.30. The zero-order valence-corrected chi connectivity index (χ0v) is 12.6. The molecule has 2 rings (SSSR count). The Morgan fingerprint density at radius 1 is 1.25 bits per heavy atom. The van der Waals surface area contributed by atoms with Crippen LogP contribution in [0.4, 0.5) is 11.5 Å². The predicted octanol–water partition coefficient (Wildman–Crippen LogP) is 2.73. The molecule has 0 saturated carbocycles. The van der Waals surface area contributed by atoms with Crippen LogP contribution in [0.5, 0.6) is 0 Å². The highest BCUT2D eigenvalue weighted by Gasteiger charge is 2.17. The predicted molar refractivity (Wildman–Crippen MR) is 80.4 cm³/mol. The third-order valence-corrected chi connectivity index (χ3v) is 4.54. The number of halogens is 1. The number of aromatic nitrogens is 1. The third-order valence-electron chi connectivity index (χ3n) is 2.69. The Morgan fingerprint density at radius 2 is 1.95 bits per heavy atom. The first kappa shape index (κ1) is 14.6. The molecule has 7 heteroatoms. The Balaban J connectivity index is 2.41. The lowest BCUT2D eigenvalue weighted by Crippen LogP contribution is -2.14. The highest BCUT2D eigenvalue weighted by atomic mass is 35.5. The lowest BCUT2D eigenvalue weighted by molar-refractivity contribution is 0.601. The highest BCUT2D eigenvalue weighted by Crippen LogP contribution is 2.27. The van der Waals surface area contributed by atoms with Gasteiger partial charge in [0.2, 0.25) is 0 Å². The normalized spacial score (nSPS) is 11.3. The molecule has 3 N–H and O–H groups in total. The maximum Gasteiger partial charge on any atom is 0.263 e. The van der Waals surface area contributed by atoms with Crippen molar-refractivity contribution in [3.8, 4) is 0 Å². The van der Waals surface area contributed by atoms with E-state index in [2.05, 4.69) is 9.71 Å². The average Bonchev–Trinajstić information content (AvgIpc) is 2.34. The van der Waals surface area contributed by atoms with E-state index in [0.29, 0.717) is 10.6 Å². The molecule has 0 atom stereocenters. The molecule has 1 heterocycles. The number of hydrogen-bond donors (Lipinski definition) is 2. The molecule has 0 amide bonds. The van der Waals surface area contributed by atoms with Crippen molar-refractivity contribution in [3.05, 3.63) is 46.6 Å². The number of nitrogens with two attached hydrogens (primary N) is 1. The lowest BCUT2D eigenvalue weighted by Gasteiger charge is -2.10. The maximum atomic E-state index is 12.3. The van der Waals surface area contributed by atoms with Gasteiger partial charge in [-0.1, -0.05) is 17.7 Å². The van der Waals surface area contributed by atoms with E-state index in [1.807, 2.05) is 0 Å². The van der Waals surface area contributed by atoms with Crippen molar-refractivity contribution < 1.29 is 8.42 Å². The second-order valence-electron chi connectivity index (χ2n) is 4.41. The minimum Gasteiger partial charge on any atom is -0.397 e. The Morgan fingerprint density at radius 3 is 2.55 bits per heavy atom. The van der Waals surface area contributed by atoms with Gasteiger partial charge in [-0.3, -0.25) is 4.72 Å². The van der Waals surface area contributed by atoms with Crippen LogP contribution < -0.4 is 10.5 Å². The van der Waals surface area contributed by atoms with E-state index in [0.717, 1.165) is 5.69 Å². The Bertz CT molecular complexity index is 737. The van der Waals surface area contributed by atoms with Crippen molar-refractivity contribution in [3.63, 3.8) is 0 Å². The zero-order chi connectivity index (χ0) is 14.9. The molecule has 0 aliphatic carbocycles. The number of anilines is 2. The summed E-state index contributed by atoms with van der Waals surface area (Å²) in [5.74, 6) is 0.260. The second-order valence-corrected chi connectivity index (χ2v) is 6.47. The molecular formula is C13H14ClN3O2S. The fraction of sp³-hybridized carbons (Fsp3) is 0.154. The molecule has 0 bridgehead atoms. The summed E-state index contributed by atoms with van der Waals surface area (Å²) in [5, 5.41) is 0.359. The molecule has 0 spiro atoms. The van der Waals surface area contributed by atoms with Gasteiger partial charge in [-0.25, -0.2) is 13.4 Å². The fourth-order valence-corrected chi connectivity index (χ4v) is 2.94. The first-order valence-corrected chi connectivity index (χ1v) is 7.68. The van der Waals surface area contributed by atoms with Crippen LogP contribution in [0, 0.1) is 13.8 Å². The van der Waals surface area contributed by atoms with Crippen LogP contribution in [0.3, 0.4) is 0 Å². The highest BCUT2D eigenvalue weighted by molar-refractivity contribution is 7.92. The smallest absolute Gasteiger partial charge is 0.263 e. The first-order valence-electron chi connectivity index (χ1n) is 5.82. The standard InChI is InChI=1S/C13H14ClN3O2S/c1-8-6-10(7-11(15)13(8)14)20(18,19)17-12-5-3-4-9(2)16-12/h3-7H,15H2,1-2H3,(H,16,17). The number of aryl methyl sites for hydroxylation is 2. The number of benzene rings is 1. The van der Waals surface area contributed by atoms with Gasteiger partial charge >= 0.3 is 0 Å². The summed E-state index contributed by atoms with van der Waals surface area (Å²) in [6, 6.07) is 7.88. The quantitative estimate of drug-likeness (QED) is 0.853. The van der Waals surface area contributed by atoms with Gasteiger partial charge in [-0.05, 0) is 43.7 Å². The molecule has 1 aromatic heterocycles. The Labute approximate surface area is 122 Å². The van der Waals surface area contributed by atoms with Crippen LogP contribution in [-0.2, 0) is 10.0 Å². The van der Waals surface area contributed by atoms with Crippen LogP contribution in [0.15, 0.2) is 35.2 Å². The van der Waals surface area contributed by atoms with Crippen LogP contribution >= 0.6 is 11.6 Å². The van der Waals surface area contributed by atoms with Gasteiger partial charge in [-0.15, -0.1) is 0 Å². The minimum atomic E-state index is -3.74. The molecular weight excluding hydrogens is 298 g/mol. The summed E-state index contributed by atoms with van der Waals surface area (Å²) in [4.78, 5) is 4.15. The largest absolute Gasteiger partial charge is 0.397 e. The number of hydrogen-bond acceptors (Lipinski definition) is 4. The van der Waals surface area contributed by atoms with Crippen molar-refractivity contribution in [2.45, 2.75) is 18.7 Å². The fourth-order valence-electron chi connectivity index (χ4n) is 1.71. The molecule has 106 valence electrons. The van der Waals surface area contributed by atoms with Gasteiger partial charge < -0.3 is 5.73 Å². The van der Waals surface area contributed by atoms with Gasteiger partial charge in [0.1, 0.15) is 5.82 Å². The number of nitrogens with one attached hydrogen (secondary N) is 1. The summed E-state index contributed by atoms with van der Waals surface area (Å²) in [6.07, 6.45) is 0. The van der Waals surface area contributed by atoms with E-state index < -0.39 is 10.0 Å². The molecule has 1 aromatic carbocycles. The van der Waals surface area contributed by atoms with E-state index in [-0.39, 0.29) is 16.4 Å². The van der Waals surface area contributed by atoms with Crippen molar-refractivity contribution in [1.82, 2.24) is 4.98 Å². The average molecular weight is 312 g/mol. The number of sulfonamides is 1. The molecule has 2 aromatic rings. The van der Waals surface area contributed by atoms with Crippen LogP contribution in [0.2, 0.25) is 5.02 Å². The van der Waals surface area contributed by atoms with E-state index in [4.69, 9.17) is 17.3 Å². The van der Waals surface area contributed by atoms with E-state index in [9.17, 15) is 8.42 Å². The molecule has 0 aliphatic rings. The summed E-state index contributed by atoms with van der Waals surface area (Å²) < 4.78 is 27.0. The van der Waals surface area contributed by atoms with Gasteiger partial charge in [-0.2, -0.15) is 0 Å². The monoisotopic (exact) mass is 311 g/mol. The zero-order valence-electron chi connectivity index (χ0n) is 11.0. The SMILES string of the molecule is Cc1cccc(NS(=O)(=O)c2cc(C)c(Cl)c(N)c2)n1. The van der Waals surface area contributed by atoms with Crippen LogP contribution in [0.1, 0.15) is 11.3 Å². The van der Waals surface area contributed by atoms with Crippen molar-refractivity contribution in [1.29, 1.82) is 0 Å². The van der Waals surface area contributed by atoms with Gasteiger partial charge in [0.15, 0.2) is 0 Å². The number of pyridine rings is 1. The number of nitrogens with zero attached hydrogens (tertiary/aromatic N) is 1. The molecule has 0 aliphatic heterocycles. The van der Waals surface area contributed by atoms with Crippen LogP contribution in [0.25, 0.3) is 0 Å². The van der Waals surface area contributed by atoms with Gasteiger partial charge in [0, 0.05) is 5.69 Å². The third kappa shape index (κ3) is 3.02. The topological polar surface area (TPSA) is 85.1 Å². The van der Waals surface area contributed by atoms with Crippen molar-refractivity contribution in [2.75, 3.05) is 10.5 Å². The van der Waals surface area contributed by atoms with E-state index >= 15 is 0 Å².